The molecule has 0 saturated carbocycles. The van der Waals surface area contributed by atoms with Crippen LogP contribution in [0.25, 0.3) is 0 Å². The first-order valence-electron chi connectivity index (χ1n) is 6.21. The maximum atomic E-state index is 14.1. The molecule has 94 valence electrons. The largest absolute Gasteiger partial charge is 0.386 e. The molecular formula is C14H16FN3. The fourth-order valence-corrected chi connectivity index (χ4v) is 2.34. The molecule has 0 amide bonds. The number of aliphatic imine (C=N–C) groups is 1. The molecule has 2 rings (SSSR count). The lowest BCUT2D eigenvalue weighted by atomic mass is 9.90. The minimum absolute atomic E-state index is 0.0655. The molecule has 18 heavy (non-hydrogen) atoms. The van der Waals surface area contributed by atoms with Gasteiger partial charge in [0.05, 0.1) is 11.6 Å². The van der Waals surface area contributed by atoms with Crippen LogP contribution < -0.4 is 5.32 Å². The molecule has 3 nitrogen and oxygen atoms in total. The van der Waals surface area contributed by atoms with Gasteiger partial charge >= 0.3 is 0 Å². The van der Waals surface area contributed by atoms with Gasteiger partial charge in [-0.25, -0.2) is 4.39 Å². The quantitative estimate of drug-likeness (QED) is 0.772. The molecule has 0 aromatic heterocycles. The fourth-order valence-electron chi connectivity index (χ4n) is 2.34. The fraction of sp³-hybridized carbons (Fsp3) is 0.429. The van der Waals surface area contributed by atoms with Crippen molar-refractivity contribution in [2.75, 3.05) is 0 Å². The molecule has 2 aliphatic rings. The van der Waals surface area contributed by atoms with Crippen LogP contribution >= 0.6 is 0 Å². The number of rotatable bonds is 1. The van der Waals surface area contributed by atoms with Crippen LogP contribution in [0, 0.1) is 17.2 Å². The number of hydrogen-bond donors (Lipinski definition) is 1. The van der Waals surface area contributed by atoms with Crippen LogP contribution in [-0.2, 0) is 0 Å². The first kappa shape index (κ1) is 12.6. The molecule has 0 bridgehead atoms. The summed E-state index contributed by atoms with van der Waals surface area (Å²) in [4.78, 5) is 4.04. The molecular weight excluding hydrogens is 229 g/mol. The molecule has 0 radical (unpaired) electrons. The second-order valence-electron chi connectivity index (χ2n) is 4.48. The van der Waals surface area contributed by atoms with Crippen molar-refractivity contribution < 1.29 is 4.39 Å². The van der Waals surface area contributed by atoms with Crippen LogP contribution in [0.5, 0.6) is 0 Å². The van der Waals surface area contributed by atoms with Crippen molar-refractivity contribution in [1.29, 1.82) is 5.26 Å². The number of halogens is 1. The predicted molar refractivity (Wildman–Crippen MR) is 69.4 cm³/mol. The first-order valence-corrected chi connectivity index (χ1v) is 6.21. The van der Waals surface area contributed by atoms with E-state index in [9.17, 15) is 4.39 Å². The molecule has 2 atom stereocenters. The van der Waals surface area contributed by atoms with E-state index in [1.807, 2.05) is 12.3 Å². The summed E-state index contributed by atoms with van der Waals surface area (Å²) in [6.07, 6.45) is 11.6. The summed E-state index contributed by atoms with van der Waals surface area (Å²) < 4.78 is 14.1. The van der Waals surface area contributed by atoms with Gasteiger partial charge in [-0.1, -0.05) is 6.08 Å². The van der Waals surface area contributed by atoms with E-state index in [1.165, 1.54) is 6.08 Å². The molecule has 4 heteroatoms. The smallest absolute Gasteiger partial charge is 0.106 e. The van der Waals surface area contributed by atoms with Crippen molar-refractivity contribution in [2.45, 2.75) is 31.7 Å². The third-order valence-corrected chi connectivity index (χ3v) is 3.29. The van der Waals surface area contributed by atoms with E-state index in [0.29, 0.717) is 5.57 Å². The Labute approximate surface area is 106 Å². The second kappa shape index (κ2) is 6.15. The van der Waals surface area contributed by atoms with Crippen molar-refractivity contribution in [3.05, 3.63) is 36.0 Å². The van der Waals surface area contributed by atoms with Crippen LogP contribution in [0.15, 0.2) is 40.9 Å². The van der Waals surface area contributed by atoms with Crippen molar-refractivity contribution in [3.8, 4) is 6.07 Å². The molecule has 2 unspecified atom stereocenters. The molecule has 1 N–H and O–H groups in total. The summed E-state index contributed by atoms with van der Waals surface area (Å²) in [7, 11) is 0. The Hall–Kier alpha value is -1.89. The Bertz CT molecular complexity index is 454. The SMILES string of the molecule is N#CC1=CCCC(C2CCC=N/C=C\N2)C(F)=C1. The van der Waals surface area contributed by atoms with Gasteiger partial charge in [0.15, 0.2) is 0 Å². The van der Waals surface area contributed by atoms with Gasteiger partial charge in [0.1, 0.15) is 5.83 Å². The van der Waals surface area contributed by atoms with Gasteiger partial charge in [-0.2, -0.15) is 5.26 Å². The van der Waals surface area contributed by atoms with E-state index < -0.39 is 0 Å². The van der Waals surface area contributed by atoms with E-state index in [1.54, 1.807) is 18.5 Å². The van der Waals surface area contributed by atoms with Gasteiger partial charge in [0.25, 0.3) is 0 Å². The normalized spacial score (nSPS) is 29.8. The van der Waals surface area contributed by atoms with Crippen LogP contribution in [-0.4, -0.2) is 12.3 Å². The molecule has 0 fully saturated rings. The zero-order valence-corrected chi connectivity index (χ0v) is 10.1. The van der Waals surface area contributed by atoms with Gasteiger partial charge in [-0.15, -0.1) is 0 Å². The molecule has 0 spiro atoms. The van der Waals surface area contributed by atoms with Crippen LogP contribution in [0.1, 0.15) is 25.7 Å². The Kier molecular flexibility index (Phi) is 4.30. The Morgan fingerprint density at radius 1 is 1.39 bits per heavy atom. The summed E-state index contributed by atoms with van der Waals surface area (Å²) in [5, 5.41) is 12.0. The highest BCUT2D eigenvalue weighted by atomic mass is 19.1. The van der Waals surface area contributed by atoms with Gasteiger partial charge in [0.2, 0.25) is 0 Å². The summed E-state index contributed by atoms with van der Waals surface area (Å²) in [6, 6.07) is 2.07. The zero-order chi connectivity index (χ0) is 12.8. The van der Waals surface area contributed by atoms with Crippen molar-refractivity contribution in [1.82, 2.24) is 5.32 Å². The number of allylic oxidation sites excluding steroid dienone is 3. The highest BCUT2D eigenvalue weighted by molar-refractivity contribution is 5.58. The van der Waals surface area contributed by atoms with Crippen molar-refractivity contribution in [3.63, 3.8) is 0 Å². The minimum Gasteiger partial charge on any atom is -0.386 e. The highest BCUT2D eigenvalue weighted by Gasteiger charge is 2.25. The van der Waals surface area contributed by atoms with Gasteiger partial charge in [-0.05, 0) is 31.8 Å². The molecule has 1 aliphatic carbocycles. The maximum Gasteiger partial charge on any atom is 0.106 e. The second-order valence-corrected chi connectivity index (χ2v) is 4.48. The lowest BCUT2D eigenvalue weighted by molar-refractivity contribution is 0.340. The molecule has 0 saturated heterocycles. The predicted octanol–water partition coefficient (Wildman–Crippen LogP) is 2.99. The van der Waals surface area contributed by atoms with Gasteiger partial charge in [0, 0.05) is 30.6 Å². The third-order valence-electron chi connectivity index (χ3n) is 3.29. The molecule has 1 heterocycles. The van der Waals surface area contributed by atoms with Crippen LogP contribution in [0.3, 0.4) is 0 Å². The van der Waals surface area contributed by atoms with Crippen molar-refractivity contribution in [2.24, 2.45) is 10.9 Å². The lowest BCUT2D eigenvalue weighted by Gasteiger charge is -2.26. The monoisotopic (exact) mass is 245 g/mol. The summed E-state index contributed by atoms with van der Waals surface area (Å²) in [6.45, 7) is 0. The topological polar surface area (TPSA) is 48.2 Å². The van der Waals surface area contributed by atoms with E-state index in [4.69, 9.17) is 5.26 Å². The Balaban J connectivity index is 2.11. The molecule has 1 aliphatic heterocycles. The van der Waals surface area contributed by atoms with E-state index in [2.05, 4.69) is 10.3 Å². The van der Waals surface area contributed by atoms with Gasteiger partial charge in [-0.3, -0.25) is 4.99 Å². The van der Waals surface area contributed by atoms with Crippen molar-refractivity contribution >= 4 is 6.21 Å². The summed E-state index contributed by atoms with van der Waals surface area (Å²) in [5.41, 5.74) is 0.429. The standard InChI is InChI=1S/C14H16FN3/c15-13-9-11(10-16)3-1-4-12(13)14-5-2-6-17-7-8-18-14/h3,6-9,12,14,18H,1-2,4-5H2/b8-7-,17-6?. The summed E-state index contributed by atoms with van der Waals surface area (Å²) >= 11 is 0. The highest BCUT2D eigenvalue weighted by Crippen LogP contribution is 2.29. The molecule has 0 aromatic rings. The number of nitrogens with one attached hydrogen (secondary N) is 1. The van der Waals surface area contributed by atoms with Crippen LogP contribution in [0.2, 0.25) is 0 Å². The Morgan fingerprint density at radius 2 is 2.28 bits per heavy atom. The minimum atomic E-state index is -0.191. The Morgan fingerprint density at radius 3 is 3.11 bits per heavy atom. The average Bonchev–Trinajstić information content (AvgIpc) is 2.51. The van der Waals surface area contributed by atoms with E-state index in [0.717, 1.165) is 25.7 Å². The van der Waals surface area contributed by atoms with E-state index >= 15 is 0 Å². The lowest BCUT2D eigenvalue weighted by Crippen LogP contribution is -2.33. The number of hydrogen-bond acceptors (Lipinski definition) is 3. The summed E-state index contributed by atoms with van der Waals surface area (Å²) in [5.74, 6) is -0.355. The number of nitriles is 1. The maximum absolute atomic E-state index is 14.1. The first-order chi connectivity index (χ1) is 8.81. The third kappa shape index (κ3) is 3.07. The van der Waals surface area contributed by atoms with E-state index in [-0.39, 0.29) is 17.8 Å². The average molecular weight is 245 g/mol. The number of nitrogens with zero attached hydrogens (tertiary/aromatic N) is 2. The molecule has 0 aromatic carbocycles. The van der Waals surface area contributed by atoms with Gasteiger partial charge < -0.3 is 5.32 Å². The zero-order valence-electron chi connectivity index (χ0n) is 10.1. The van der Waals surface area contributed by atoms with Crippen LogP contribution in [0.4, 0.5) is 4.39 Å².